The Morgan fingerprint density at radius 1 is 1.47 bits per heavy atom. The van der Waals surface area contributed by atoms with Crippen LogP contribution in [0.15, 0.2) is 28.1 Å². The van der Waals surface area contributed by atoms with Crippen molar-refractivity contribution in [2.24, 2.45) is 0 Å². The largest absolute Gasteiger partial charge is 0.496 e. The van der Waals surface area contributed by atoms with Crippen LogP contribution in [0.1, 0.15) is 17.3 Å². The van der Waals surface area contributed by atoms with Crippen LogP contribution in [0.4, 0.5) is 0 Å². The molecule has 2 aromatic rings. The molecule has 0 radical (unpaired) electrons. The maximum atomic E-state index is 5.42. The smallest absolute Gasteiger partial charge is 0.128 e. The quantitative estimate of drug-likeness (QED) is 0.927. The number of thiazole rings is 1. The van der Waals surface area contributed by atoms with Crippen molar-refractivity contribution in [3.8, 4) is 17.0 Å². The van der Waals surface area contributed by atoms with Gasteiger partial charge in [-0.25, -0.2) is 4.98 Å². The first-order valence-electron chi connectivity index (χ1n) is 6.28. The van der Waals surface area contributed by atoms with Crippen LogP contribution in [0.3, 0.4) is 0 Å². The van der Waals surface area contributed by atoms with Gasteiger partial charge in [-0.05, 0) is 31.2 Å². The Hall–Kier alpha value is -0.910. The van der Waals surface area contributed by atoms with Crippen molar-refractivity contribution in [1.29, 1.82) is 0 Å². The normalized spacial score (nSPS) is 18.7. The summed E-state index contributed by atoms with van der Waals surface area (Å²) in [5, 5.41) is 6.73. The molecule has 0 saturated carbocycles. The van der Waals surface area contributed by atoms with Crippen molar-refractivity contribution in [1.82, 2.24) is 10.3 Å². The number of rotatable bonds is 3. The number of nitrogens with zero attached hydrogens (tertiary/aromatic N) is 1. The average molecular weight is 339 g/mol. The van der Waals surface area contributed by atoms with Crippen LogP contribution in [-0.2, 0) is 0 Å². The van der Waals surface area contributed by atoms with Gasteiger partial charge >= 0.3 is 0 Å². The summed E-state index contributed by atoms with van der Waals surface area (Å²) in [6.07, 6.45) is 1.18. The highest BCUT2D eigenvalue weighted by Gasteiger charge is 2.20. The molecule has 1 aromatic carbocycles. The van der Waals surface area contributed by atoms with E-state index in [4.69, 9.17) is 9.72 Å². The minimum absolute atomic E-state index is 0.567. The minimum Gasteiger partial charge on any atom is -0.496 e. The number of halogens is 1. The van der Waals surface area contributed by atoms with E-state index >= 15 is 0 Å². The first-order valence-corrected chi connectivity index (χ1v) is 7.95. The maximum absolute atomic E-state index is 5.42. The molecule has 1 unspecified atom stereocenters. The molecule has 19 heavy (non-hydrogen) atoms. The lowest BCUT2D eigenvalue weighted by Gasteiger charge is -2.07. The van der Waals surface area contributed by atoms with Crippen molar-refractivity contribution >= 4 is 27.3 Å². The van der Waals surface area contributed by atoms with Gasteiger partial charge in [-0.15, -0.1) is 11.3 Å². The summed E-state index contributed by atoms with van der Waals surface area (Å²) in [5.74, 6) is 1.43. The van der Waals surface area contributed by atoms with E-state index in [1.807, 2.05) is 12.1 Å². The van der Waals surface area contributed by atoms with E-state index in [2.05, 4.69) is 32.7 Å². The molecule has 5 heteroatoms. The Labute approximate surface area is 125 Å². The molecule has 1 N–H and O–H groups in total. The third-order valence-electron chi connectivity index (χ3n) is 3.37. The number of benzene rings is 1. The van der Waals surface area contributed by atoms with Crippen LogP contribution in [0.2, 0.25) is 0 Å². The molecule has 2 heterocycles. The van der Waals surface area contributed by atoms with Gasteiger partial charge in [0.05, 0.1) is 17.8 Å². The number of nitrogens with one attached hydrogen (secondary N) is 1. The van der Waals surface area contributed by atoms with E-state index in [-0.39, 0.29) is 0 Å². The van der Waals surface area contributed by atoms with Gasteiger partial charge in [0.2, 0.25) is 0 Å². The van der Waals surface area contributed by atoms with Gasteiger partial charge in [-0.3, -0.25) is 0 Å². The Morgan fingerprint density at radius 2 is 2.37 bits per heavy atom. The van der Waals surface area contributed by atoms with E-state index in [1.165, 1.54) is 11.4 Å². The number of methoxy groups -OCH3 is 1. The molecule has 1 atom stereocenters. The summed E-state index contributed by atoms with van der Waals surface area (Å²) < 4.78 is 6.46. The summed E-state index contributed by atoms with van der Waals surface area (Å²) in [6, 6.07) is 6.01. The summed E-state index contributed by atoms with van der Waals surface area (Å²) in [7, 11) is 1.70. The van der Waals surface area contributed by atoms with Crippen LogP contribution in [0, 0.1) is 0 Å². The molecule has 100 valence electrons. The molecular weight excluding hydrogens is 324 g/mol. The minimum atomic E-state index is 0.567. The second kappa shape index (κ2) is 5.61. The topological polar surface area (TPSA) is 34.1 Å². The van der Waals surface area contributed by atoms with E-state index in [9.17, 15) is 0 Å². The van der Waals surface area contributed by atoms with Crippen LogP contribution < -0.4 is 10.1 Å². The SMILES string of the molecule is COc1ccc(Br)cc1-c1csc(C2CCNC2)n1. The molecule has 0 amide bonds. The molecule has 1 fully saturated rings. The zero-order valence-corrected chi connectivity index (χ0v) is 13.1. The molecule has 1 saturated heterocycles. The highest BCUT2D eigenvalue weighted by atomic mass is 79.9. The monoisotopic (exact) mass is 338 g/mol. The molecule has 0 aliphatic carbocycles. The Morgan fingerprint density at radius 3 is 3.11 bits per heavy atom. The number of hydrogen-bond acceptors (Lipinski definition) is 4. The van der Waals surface area contributed by atoms with Crippen molar-refractivity contribution in [3.63, 3.8) is 0 Å². The van der Waals surface area contributed by atoms with Crippen LogP contribution in [-0.4, -0.2) is 25.2 Å². The van der Waals surface area contributed by atoms with Gasteiger partial charge in [0.25, 0.3) is 0 Å². The number of aromatic nitrogens is 1. The molecule has 0 spiro atoms. The number of ether oxygens (including phenoxy) is 1. The van der Waals surface area contributed by atoms with Gasteiger partial charge in [0.1, 0.15) is 5.75 Å². The van der Waals surface area contributed by atoms with Gasteiger partial charge in [0.15, 0.2) is 0 Å². The Bertz CT molecular complexity index is 579. The summed E-state index contributed by atoms with van der Waals surface area (Å²) >= 11 is 5.25. The fourth-order valence-corrected chi connectivity index (χ4v) is 3.66. The fourth-order valence-electron chi connectivity index (χ4n) is 2.34. The highest BCUT2D eigenvalue weighted by molar-refractivity contribution is 9.10. The summed E-state index contributed by atoms with van der Waals surface area (Å²) in [6.45, 7) is 2.14. The van der Waals surface area contributed by atoms with Crippen molar-refractivity contribution in [3.05, 3.63) is 33.1 Å². The van der Waals surface area contributed by atoms with Gasteiger partial charge in [-0.1, -0.05) is 15.9 Å². The van der Waals surface area contributed by atoms with Crippen LogP contribution in [0.5, 0.6) is 5.75 Å². The fraction of sp³-hybridized carbons (Fsp3) is 0.357. The zero-order valence-electron chi connectivity index (χ0n) is 10.6. The van der Waals surface area contributed by atoms with Crippen molar-refractivity contribution < 1.29 is 4.74 Å². The predicted octanol–water partition coefficient (Wildman–Crippen LogP) is 3.66. The molecule has 1 aliphatic heterocycles. The lowest BCUT2D eigenvalue weighted by molar-refractivity contribution is 0.416. The first kappa shape index (κ1) is 13.1. The molecule has 0 bridgehead atoms. The van der Waals surface area contributed by atoms with E-state index in [0.29, 0.717) is 5.92 Å². The standard InChI is InChI=1S/C14H15BrN2OS/c1-18-13-3-2-10(15)6-11(13)12-8-19-14(17-12)9-4-5-16-7-9/h2-3,6,8-9,16H,4-5,7H2,1H3. The third-order valence-corrected chi connectivity index (χ3v) is 4.87. The number of hydrogen-bond donors (Lipinski definition) is 1. The van der Waals surface area contributed by atoms with Gasteiger partial charge in [-0.2, -0.15) is 0 Å². The first-order chi connectivity index (χ1) is 9.28. The van der Waals surface area contributed by atoms with E-state index in [0.717, 1.165) is 34.6 Å². The van der Waals surface area contributed by atoms with Gasteiger partial charge < -0.3 is 10.1 Å². The Kier molecular flexibility index (Phi) is 3.86. The van der Waals surface area contributed by atoms with Gasteiger partial charge in [0, 0.05) is 27.9 Å². The van der Waals surface area contributed by atoms with Crippen LogP contribution >= 0.6 is 27.3 Å². The van der Waals surface area contributed by atoms with Crippen LogP contribution in [0.25, 0.3) is 11.3 Å². The lowest BCUT2D eigenvalue weighted by Crippen LogP contribution is -2.07. The lowest BCUT2D eigenvalue weighted by atomic mass is 10.1. The predicted molar refractivity (Wildman–Crippen MR) is 82.0 cm³/mol. The van der Waals surface area contributed by atoms with E-state index in [1.54, 1.807) is 18.4 Å². The highest BCUT2D eigenvalue weighted by Crippen LogP contribution is 2.35. The molecule has 1 aromatic heterocycles. The van der Waals surface area contributed by atoms with E-state index < -0.39 is 0 Å². The molecule has 3 rings (SSSR count). The summed E-state index contributed by atoms with van der Waals surface area (Å²) in [5.41, 5.74) is 2.05. The van der Waals surface area contributed by atoms with Crippen molar-refractivity contribution in [2.45, 2.75) is 12.3 Å². The second-order valence-electron chi connectivity index (χ2n) is 4.61. The third kappa shape index (κ3) is 2.68. The Balaban J connectivity index is 1.95. The average Bonchev–Trinajstić information content (AvgIpc) is 3.09. The molecular formula is C14H15BrN2OS. The van der Waals surface area contributed by atoms with Crippen molar-refractivity contribution in [2.75, 3.05) is 20.2 Å². The molecule has 1 aliphatic rings. The summed E-state index contributed by atoms with van der Waals surface area (Å²) in [4.78, 5) is 4.79. The maximum Gasteiger partial charge on any atom is 0.128 e. The second-order valence-corrected chi connectivity index (χ2v) is 6.41. The zero-order chi connectivity index (χ0) is 13.2. The molecule has 3 nitrogen and oxygen atoms in total.